The summed E-state index contributed by atoms with van der Waals surface area (Å²) in [6, 6.07) is 6.63. The zero-order valence-electron chi connectivity index (χ0n) is 19.7. The smallest absolute Gasteiger partial charge is 0.336 e. The number of aryl methyl sites for hydroxylation is 1. The molecule has 4 heteroatoms. The Kier molecular flexibility index (Phi) is 12.2. The number of carbonyl (C=O) groups excluding carboxylic acids is 1. The molecule has 0 aliphatic rings. The van der Waals surface area contributed by atoms with Crippen LogP contribution in [0.2, 0.25) is 0 Å². The number of rotatable bonds is 15. The van der Waals surface area contributed by atoms with Gasteiger partial charge in [-0.25, -0.2) is 4.79 Å². The third kappa shape index (κ3) is 10.1. The summed E-state index contributed by atoms with van der Waals surface area (Å²) in [6.45, 7) is 4.02. The Bertz CT molecular complexity index is 936. The van der Waals surface area contributed by atoms with Gasteiger partial charge in [0.15, 0.2) is 0 Å². The van der Waals surface area contributed by atoms with Gasteiger partial charge in [0, 0.05) is 23.9 Å². The maximum atomic E-state index is 12.1. The van der Waals surface area contributed by atoms with Crippen LogP contribution in [0.5, 0.6) is 5.75 Å². The Morgan fingerprint density at radius 2 is 1.59 bits per heavy atom. The minimum absolute atomic E-state index is 0.238. The summed E-state index contributed by atoms with van der Waals surface area (Å²) in [7, 11) is 0. The van der Waals surface area contributed by atoms with Crippen LogP contribution >= 0.6 is 0 Å². The number of unbranched alkanes of at least 4 members (excludes halogenated alkanes) is 8. The molecular formula is C28H38O4. The first-order valence-electron chi connectivity index (χ1n) is 12.2. The molecule has 4 nitrogen and oxygen atoms in total. The van der Waals surface area contributed by atoms with Crippen LogP contribution in [0.4, 0.5) is 0 Å². The Morgan fingerprint density at radius 3 is 2.34 bits per heavy atom. The lowest BCUT2D eigenvalue weighted by atomic mass is 10.1. The van der Waals surface area contributed by atoms with Crippen LogP contribution in [0.3, 0.4) is 0 Å². The van der Waals surface area contributed by atoms with E-state index in [4.69, 9.17) is 9.15 Å². The van der Waals surface area contributed by atoms with E-state index in [1.807, 2.05) is 13.0 Å². The fourth-order valence-electron chi connectivity index (χ4n) is 3.70. The Labute approximate surface area is 192 Å². The van der Waals surface area contributed by atoms with Gasteiger partial charge in [0.2, 0.25) is 0 Å². The van der Waals surface area contributed by atoms with Crippen molar-refractivity contribution in [2.75, 3.05) is 0 Å². The fraction of sp³-hybridized carbons (Fsp3) is 0.500. The summed E-state index contributed by atoms with van der Waals surface area (Å²) in [6.07, 6.45) is 22.2. The molecule has 0 N–H and O–H groups in total. The highest BCUT2D eigenvalue weighted by atomic mass is 16.5. The number of esters is 1. The van der Waals surface area contributed by atoms with Gasteiger partial charge >= 0.3 is 11.6 Å². The molecule has 0 fully saturated rings. The van der Waals surface area contributed by atoms with Crippen LogP contribution in [0, 0.1) is 6.92 Å². The maximum absolute atomic E-state index is 12.1. The van der Waals surface area contributed by atoms with E-state index in [1.165, 1.54) is 44.6 Å². The molecule has 0 saturated heterocycles. The Hall–Kier alpha value is -2.62. The van der Waals surface area contributed by atoms with E-state index in [0.717, 1.165) is 43.1 Å². The van der Waals surface area contributed by atoms with Crippen molar-refractivity contribution in [2.24, 2.45) is 0 Å². The molecule has 0 saturated carbocycles. The number of hydrogen-bond donors (Lipinski definition) is 0. The second-order valence-corrected chi connectivity index (χ2v) is 8.33. The molecule has 1 heterocycles. The molecule has 0 unspecified atom stereocenters. The third-order valence-corrected chi connectivity index (χ3v) is 5.50. The van der Waals surface area contributed by atoms with Crippen molar-refractivity contribution in [1.29, 1.82) is 0 Å². The van der Waals surface area contributed by atoms with Crippen LogP contribution < -0.4 is 10.4 Å². The average Bonchev–Trinajstić information content (AvgIpc) is 2.76. The second-order valence-electron chi connectivity index (χ2n) is 8.33. The molecule has 32 heavy (non-hydrogen) atoms. The molecular weight excluding hydrogens is 400 g/mol. The number of fused-ring (bicyclic) bond motifs is 1. The minimum Gasteiger partial charge on any atom is -0.426 e. The quantitative estimate of drug-likeness (QED) is 0.0935. The highest BCUT2D eigenvalue weighted by molar-refractivity contribution is 5.82. The normalized spacial score (nSPS) is 11.7. The fourth-order valence-corrected chi connectivity index (χ4v) is 3.70. The van der Waals surface area contributed by atoms with Gasteiger partial charge in [-0.15, -0.1) is 0 Å². The minimum atomic E-state index is -0.397. The topological polar surface area (TPSA) is 56.5 Å². The van der Waals surface area contributed by atoms with Crippen LogP contribution in [0.1, 0.15) is 89.5 Å². The summed E-state index contributed by atoms with van der Waals surface area (Å²) in [5.41, 5.74) is 0.896. The van der Waals surface area contributed by atoms with E-state index in [1.54, 1.807) is 12.1 Å². The average molecular weight is 439 g/mol. The highest BCUT2D eigenvalue weighted by Crippen LogP contribution is 2.22. The van der Waals surface area contributed by atoms with Crippen molar-refractivity contribution in [3.05, 3.63) is 64.6 Å². The number of ether oxygens (including phenoxy) is 1. The molecule has 0 bridgehead atoms. The van der Waals surface area contributed by atoms with Crippen molar-refractivity contribution in [1.82, 2.24) is 0 Å². The first-order valence-corrected chi connectivity index (χ1v) is 12.2. The van der Waals surface area contributed by atoms with E-state index in [9.17, 15) is 9.59 Å². The van der Waals surface area contributed by atoms with Crippen LogP contribution in [0.15, 0.2) is 57.8 Å². The summed E-state index contributed by atoms with van der Waals surface area (Å²) >= 11 is 0. The summed E-state index contributed by atoms with van der Waals surface area (Å²) in [5, 5.41) is 0.848. The molecule has 2 rings (SSSR count). The highest BCUT2D eigenvalue weighted by Gasteiger charge is 2.08. The van der Waals surface area contributed by atoms with Gasteiger partial charge in [0.1, 0.15) is 11.3 Å². The van der Waals surface area contributed by atoms with Gasteiger partial charge in [-0.2, -0.15) is 0 Å². The van der Waals surface area contributed by atoms with Crippen LogP contribution in [-0.4, -0.2) is 5.97 Å². The largest absolute Gasteiger partial charge is 0.426 e. The van der Waals surface area contributed by atoms with Gasteiger partial charge < -0.3 is 9.15 Å². The van der Waals surface area contributed by atoms with E-state index in [0.29, 0.717) is 17.8 Å². The Morgan fingerprint density at radius 1 is 0.906 bits per heavy atom. The molecule has 0 aliphatic heterocycles. The molecule has 1 aromatic carbocycles. The van der Waals surface area contributed by atoms with Gasteiger partial charge in [-0.3, -0.25) is 4.79 Å². The number of hydrogen-bond acceptors (Lipinski definition) is 4. The second kappa shape index (κ2) is 15.2. The van der Waals surface area contributed by atoms with Gasteiger partial charge in [0.25, 0.3) is 0 Å². The van der Waals surface area contributed by atoms with E-state index < -0.39 is 5.63 Å². The zero-order chi connectivity index (χ0) is 23.0. The van der Waals surface area contributed by atoms with Crippen LogP contribution in [0.25, 0.3) is 11.0 Å². The van der Waals surface area contributed by atoms with Crippen molar-refractivity contribution in [3.8, 4) is 5.75 Å². The van der Waals surface area contributed by atoms with E-state index in [2.05, 4.69) is 31.2 Å². The van der Waals surface area contributed by atoms with Crippen molar-refractivity contribution >= 4 is 16.9 Å². The lowest BCUT2D eigenvalue weighted by Gasteiger charge is -2.06. The van der Waals surface area contributed by atoms with E-state index >= 15 is 0 Å². The van der Waals surface area contributed by atoms with Crippen molar-refractivity contribution in [3.63, 3.8) is 0 Å². The molecule has 1 aromatic heterocycles. The summed E-state index contributed by atoms with van der Waals surface area (Å²) in [5.74, 6) is 0.182. The summed E-state index contributed by atoms with van der Waals surface area (Å²) in [4.78, 5) is 23.6. The number of benzene rings is 1. The first-order chi connectivity index (χ1) is 15.6. The van der Waals surface area contributed by atoms with Crippen molar-refractivity contribution < 1.29 is 13.9 Å². The number of allylic oxidation sites excluding steroid dienone is 4. The third-order valence-electron chi connectivity index (χ3n) is 5.50. The Balaban J connectivity index is 1.50. The number of carbonyl (C=O) groups is 1. The first kappa shape index (κ1) is 25.6. The monoisotopic (exact) mass is 438 g/mol. The molecule has 0 radical (unpaired) electrons. The molecule has 0 atom stereocenters. The van der Waals surface area contributed by atoms with E-state index in [-0.39, 0.29) is 5.97 Å². The standard InChI is InChI=1S/C28H38O4/c1-3-4-5-6-7-8-9-10-11-12-13-14-15-16-17-18-27(29)31-24-19-20-25-23(2)21-28(30)32-26(25)22-24/h4-5,7-8,19-22H,3,6,9-18H2,1-2H3/b5-4-,8-7-. The molecule has 0 spiro atoms. The van der Waals surface area contributed by atoms with Gasteiger partial charge in [-0.1, -0.05) is 69.8 Å². The lowest BCUT2D eigenvalue weighted by molar-refractivity contribution is -0.134. The maximum Gasteiger partial charge on any atom is 0.336 e. The predicted octanol–water partition coefficient (Wildman–Crippen LogP) is 7.82. The SMILES string of the molecule is CC/C=C\C/C=C\CCCCCCCCCCC(=O)Oc1ccc2c(C)cc(=O)oc2c1. The molecule has 0 aliphatic carbocycles. The van der Waals surface area contributed by atoms with Gasteiger partial charge in [0.05, 0.1) is 0 Å². The summed E-state index contributed by atoms with van der Waals surface area (Å²) < 4.78 is 10.6. The molecule has 2 aromatic rings. The zero-order valence-corrected chi connectivity index (χ0v) is 19.7. The van der Waals surface area contributed by atoms with Gasteiger partial charge in [-0.05, 0) is 56.7 Å². The van der Waals surface area contributed by atoms with Crippen LogP contribution in [-0.2, 0) is 4.79 Å². The lowest BCUT2D eigenvalue weighted by Crippen LogP contribution is -2.07. The predicted molar refractivity (Wildman–Crippen MR) is 132 cm³/mol. The molecule has 0 amide bonds. The molecule has 174 valence electrons. The van der Waals surface area contributed by atoms with Crippen molar-refractivity contribution in [2.45, 2.75) is 90.9 Å².